The van der Waals surface area contributed by atoms with Crippen LogP contribution in [0.2, 0.25) is 0 Å². The minimum absolute atomic E-state index is 0.165. The molecule has 0 saturated heterocycles. The Balaban J connectivity index is 2.02. The Morgan fingerprint density at radius 1 is 0.950 bits per heavy atom. The third kappa shape index (κ3) is 3.72. The quantitative estimate of drug-likeness (QED) is 0.819. The molecule has 1 amide bonds. The number of aromatic carboxylic acids is 1. The summed E-state index contributed by atoms with van der Waals surface area (Å²) in [7, 11) is 0. The fraction of sp³-hybridized carbons (Fsp3) is 0. The van der Waals surface area contributed by atoms with Crippen molar-refractivity contribution in [3.8, 4) is 11.8 Å². The number of anilines is 1. The van der Waals surface area contributed by atoms with Gasteiger partial charge in [0, 0.05) is 17.2 Å². The Hall–Kier alpha value is -3.06. The third-order valence-corrected chi connectivity index (χ3v) is 2.48. The van der Waals surface area contributed by atoms with E-state index in [9.17, 15) is 9.59 Å². The summed E-state index contributed by atoms with van der Waals surface area (Å²) >= 11 is 0. The second-order valence-electron chi connectivity index (χ2n) is 3.95. The van der Waals surface area contributed by atoms with E-state index in [1.54, 1.807) is 0 Å². The number of carbonyl (C=O) groups excluding carboxylic acids is 1. The molecule has 0 heterocycles. The maximum atomic E-state index is 11.6. The molecule has 2 aromatic carbocycles. The van der Waals surface area contributed by atoms with E-state index in [0.29, 0.717) is 5.69 Å². The van der Waals surface area contributed by atoms with Gasteiger partial charge in [-0.2, -0.15) is 0 Å². The van der Waals surface area contributed by atoms with Gasteiger partial charge in [-0.05, 0) is 36.4 Å². The van der Waals surface area contributed by atoms with Crippen LogP contribution in [-0.4, -0.2) is 17.0 Å². The number of amides is 1. The number of carboxylic acids is 1. The van der Waals surface area contributed by atoms with Crippen molar-refractivity contribution < 1.29 is 14.7 Å². The molecular formula is C16H11NO3. The van der Waals surface area contributed by atoms with E-state index < -0.39 is 11.9 Å². The normalized spacial score (nSPS) is 9.20. The van der Waals surface area contributed by atoms with Gasteiger partial charge in [0.15, 0.2) is 0 Å². The average Bonchev–Trinajstić information content (AvgIpc) is 2.47. The molecule has 0 spiro atoms. The van der Waals surface area contributed by atoms with E-state index in [1.165, 1.54) is 24.3 Å². The Bertz CT molecular complexity index is 679. The Kier molecular flexibility index (Phi) is 4.15. The van der Waals surface area contributed by atoms with Crippen LogP contribution < -0.4 is 5.32 Å². The fourth-order valence-electron chi connectivity index (χ4n) is 1.51. The first-order chi connectivity index (χ1) is 9.65. The molecule has 0 aliphatic carbocycles. The molecule has 0 unspecified atom stereocenters. The SMILES string of the molecule is O=C(C#Cc1ccccc1)Nc1ccc(C(=O)O)cc1. The molecule has 0 saturated carbocycles. The molecular weight excluding hydrogens is 254 g/mol. The van der Waals surface area contributed by atoms with Gasteiger partial charge >= 0.3 is 11.9 Å². The molecule has 0 atom stereocenters. The maximum absolute atomic E-state index is 11.6. The van der Waals surface area contributed by atoms with Crippen LogP contribution in [0.15, 0.2) is 54.6 Å². The third-order valence-electron chi connectivity index (χ3n) is 2.48. The molecule has 0 radical (unpaired) electrons. The first-order valence-electron chi connectivity index (χ1n) is 5.86. The predicted molar refractivity (Wildman–Crippen MR) is 75.4 cm³/mol. The summed E-state index contributed by atoms with van der Waals surface area (Å²) in [6.45, 7) is 0. The monoisotopic (exact) mass is 265 g/mol. The lowest BCUT2D eigenvalue weighted by molar-refractivity contribution is -0.111. The molecule has 4 nitrogen and oxygen atoms in total. The maximum Gasteiger partial charge on any atom is 0.335 e. The van der Waals surface area contributed by atoms with Crippen molar-refractivity contribution in [1.29, 1.82) is 0 Å². The highest BCUT2D eigenvalue weighted by atomic mass is 16.4. The van der Waals surface area contributed by atoms with E-state index >= 15 is 0 Å². The Morgan fingerprint density at radius 2 is 1.60 bits per heavy atom. The Morgan fingerprint density at radius 3 is 2.20 bits per heavy atom. The van der Waals surface area contributed by atoms with E-state index in [2.05, 4.69) is 17.2 Å². The molecule has 0 aromatic heterocycles. The first-order valence-corrected chi connectivity index (χ1v) is 5.86. The smallest absolute Gasteiger partial charge is 0.335 e. The standard InChI is InChI=1S/C16H11NO3/c18-15(11-6-12-4-2-1-3-5-12)17-14-9-7-13(8-10-14)16(19)20/h1-5,7-10H,(H,17,18)(H,19,20). The number of rotatable bonds is 2. The summed E-state index contributed by atoms with van der Waals surface area (Å²) < 4.78 is 0. The van der Waals surface area contributed by atoms with Crippen LogP contribution in [0.5, 0.6) is 0 Å². The lowest BCUT2D eigenvalue weighted by Gasteiger charge is -2.00. The van der Waals surface area contributed by atoms with Gasteiger partial charge in [-0.1, -0.05) is 24.1 Å². The molecule has 20 heavy (non-hydrogen) atoms. The molecule has 0 aliphatic rings. The summed E-state index contributed by atoms with van der Waals surface area (Å²) in [5.74, 6) is 3.75. The van der Waals surface area contributed by atoms with Crippen molar-refractivity contribution in [2.24, 2.45) is 0 Å². The van der Waals surface area contributed by atoms with E-state index in [0.717, 1.165) is 5.56 Å². The number of hydrogen-bond donors (Lipinski definition) is 2. The molecule has 0 fully saturated rings. The number of benzene rings is 2. The number of nitrogens with one attached hydrogen (secondary N) is 1. The van der Waals surface area contributed by atoms with Crippen LogP contribution in [0.4, 0.5) is 5.69 Å². The minimum atomic E-state index is -1.01. The summed E-state index contributed by atoms with van der Waals surface area (Å²) in [5, 5.41) is 11.3. The topological polar surface area (TPSA) is 66.4 Å². The second-order valence-corrected chi connectivity index (χ2v) is 3.95. The molecule has 2 rings (SSSR count). The van der Waals surface area contributed by atoms with Crippen LogP contribution in [0.25, 0.3) is 0 Å². The summed E-state index contributed by atoms with van der Waals surface area (Å²) in [4.78, 5) is 22.3. The highest BCUT2D eigenvalue weighted by molar-refractivity contribution is 6.04. The predicted octanol–water partition coefficient (Wildman–Crippen LogP) is 2.38. The van der Waals surface area contributed by atoms with Crippen LogP contribution in [0.1, 0.15) is 15.9 Å². The van der Waals surface area contributed by atoms with Gasteiger partial charge in [0.05, 0.1) is 5.56 Å². The molecule has 2 aromatic rings. The van der Waals surface area contributed by atoms with Crippen molar-refractivity contribution >= 4 is 17.6 Å². The van der Waals surface area contributed by atoms with Gasteiger partial charge in [-0.15, -0.1) is 0 Å². The van der Waals surface area contributed by atoms with Gasteiger partial charge < -0.3 is 10.4 Å². The van der Waals surface area contributed by atoms with Crippen molar-refractivity contribution in [2.45, 2.75) is 0 Å². The van der Waals surface area contributed by atoms with Gasteiger partial charge in [0.2, 0.25) is 0 Å². The first kappa shape index (κ1) is 13.4. The highest BCUT2D eigenvalue weighted by Crippen LogP contribution is 2.09. The number of carbonyl (C=O) groups is 2. The van der Waals surface area contributed by atoms with E-state index in [-0.39, 0.29) is 5.56 Å². The van der Waals surface area contributed by atoms with Crippen molar-refractivity contribution in [1.82, 2.24) is 0 Å². The van der Waals surface area contributed by atoms with Gasteiger partial charge in [0.25, 0.3) is 0 Å². The Labute approximate surface area is 116 Å². The zero-order valence-corrected chi connectivity index (χ0v) is 10.5. The molecule has 98 valence electrons. The van der Waals surface area contributed by atoms with Crippen LogP contribution in [0, 0.1) is 11.8 Å². The van der Waals surface area contributed by atoms with Crippen molar-refractivity contribution in [3.63, 3.8) is 0 Å². The van der Waals surface area contributed by atoms with Crippen molar-refractivity contribution in [2.75, 3.05) is 5.32 Å². The van der Waals surface area contributed by atoms with Crippen LogP contribution >= 0.6 is 0 Å². The lowest BCUT2D eigenvalue weighted by Crippen LogP contribution is -2.08. The van der Waals surface area contributed by atoms with E-state index in [4.69, 9.17) is 5.11 Å². The number of carboxylic acid groups (broad SMARTS) is 1. The van der Waals surface area contributed by atoms with Gasteiger partial charge in [-0.3, -0.25) is 4.79 Å². The zero-order chi connectivity index (χ0) is 14.4. The molecule has 0 bridgehead atoms. The molecule has 2 N–H and O–H groups in total. The van der Waals surface area contributed by atoms with Gasteiger partial charge in [0.1, 0.15) is 0 Å². The highest BCUT2D eigenvalue weighted by Gasteiger charge is 2.02. The zero-order valence-electron chi connectivity index (χ0n) is 10.5. The molecule has 0 aliphatic heterocycles. The van der Waals surface area contributed by atoms with Gasteiger partial charge in [-0.25, -0.2) is 4.79 Å². The summed E-state index contributed by atoms with van der Waals surface area (Å²) in [5.41, 5.74) is 1.42. The fourth-order valence-corrected chi connectivity index (χ4v) is 1.51. The summed E-state index contributed by atoms with van der Waals surface area (Å²) in [6.07, 6.45) is 0. The van der Waals surface area contributed by atoms with E-state index in [1.807, 2.05) is 30.3 Å². The van der Waals surface area contributed by atoms with Crippen molar-refractivity contribution in [3.05, 3.63) is 65.7 Å². The molecule has 4 heteroatoms. The second kappa shape index (κ2) is 6.21. The van der Waals surface area contributed by atoms with Crippen LogP contribution in [-0.2, 0) is 4.79 Å². The van der Waals surface area contributed by atoms with Crippen LogP contribution in [0.3, 0.4) is 0 Å². The lowest BCUT2D eigenvalue weighted by atomic mass is 10.2. The average molecular weight is 265 g/mol. The largest absolute Gasteiger partial charge is 0.478 e. The summed E-state index contributed by atoms with van der Waals surface area (Å²) in [6, 6.07) is 15.0. The number of hydrogen-bond acceptors (Lipinski definition) is 2. The minimum Gasteiger partial charge on any atom is -0.478 e.